The van der Waals surface area contributed by atoms with E-state index in [4.69, 9.17) is 0 Å². The molecule has 0 spiro atoms. The Morgan fingerprint density at radius 3 is 2.69 bits per heavy atom. The van der Waals surface area contributed by atoms with Crippen LogP contribution in [0.1, 0.15) is 23.2 Å². The average molecular weight is 287 g/mol. The van der Waals surface area contributed by atoms with Crippen LogP contribution >= 0.6 is 15.9 Å². The molecule has 5 heteroatoms. The fourth-order valence-corrected chi connectivity index (χ4v) is 2.13. The van der Waals surface area contributed by atoms with Gasteiger partial charge in [0.15, 0.2) is 5.78 Å². The zero-order valence-corrected chi connectivity index (χ0v) is 10.3. The van der Waals surface area contributed by atoms with Crippen LogP contribution in [0.5, 0.6) is 0 Å². The summed E-state index contributed by atoms with van der Waals surface area (Å²) in [5.41, 5.74) is 0.0554. The van der Waals surface area contributed by atoms with Gasteiger partial charge < -0.3 is 4.90 Å². The maximum atomic E-state index is 13.6. The van der Waals surface area contributed by atoms with Crippen LogP contribution in [0.25, 0.3) is 0 Å². The Kier molecular flexibility index (Phi) is 3.53. The second-order valence-electron chi connectivity index (χ2n) is 3.76. The van der Waals surface area contributed by atoms with E-state index in [1.807, 2.05) is 4.90 Å². The monoisotopic (exact) mass is 286 g/mol. The van der Waals surface area contributed by atoms with Gasteiger partial charge in [-0.3, -0.25) is 4.79 Å². The Morgan fingerprint density at radius 2 is 2.12 bits per heavy atom. The first-order valence-electron chi connectivity index (χ1n) is 5.23. The lowest BCUT2D eigenvalue weighted by Gasteiger charge is -2.16. The predicted molar refractivity (Wildman–Crippen MR) is 63.8 cm³/mol. The molecule has 0 saturated carbocycles. The van der Waals surface area contributed by atoms with Crippen molar-refractivity contribution in [2.45, 2.75) is 12.8 Å². The third kappa shape index (κ3) is 2.24. The van der Waals surface area contributed by atoms with Gasteiger partial charge in [0.05, 0.1) is 10.9 Å². The Balaban J connectivity index is 2.25. The normalized spacial score (nSPS) is 15.5. The molecule has 0 aromatic carbocycles. The van der Waals surface area contributed by atoms with Crippen LogP contribution in [0.15, 0.2) is 12.1 Å². The SMILES string of the molecule is O=C(CBr)c1ccc(N2CCCC2)nc1F. The molecule has 1 aromatic heterocycles. The summed E-state index contributed by atoms with van der Waals surface area (Å²) in [5.74, 6) is -0.326. The molecular formula is C11H12BrFN2O. The number of nitrogens with zero attached hydrogens (tertiary/aromatic N) is 2. The van der Waals surface area contributed by atoms with Gasteiger partial charge in [-0.2, -0.15) is 4.39 Å². The van der Waals surface area contributed by atoms with E-state index in [0.29, 0.717) is 5.82 Å². The lowest BCUT2D eigenvalue weighted by molar-refractivity contribution is 0.101. The summed E-state index contributed by atoms with van der Waals surface area (Å²) in [6.45, 7) is 1.83. The smallest absolute Gasteiger partial charge is 0.225 e. The van der Waals surface area contributed by atoms with Gasteiger partial charge in [0.1, 0.15) is 5.82 Å². The number of rotatable bonds is 3. The van der Waals surface area contributed by atoms with E-state index < -0.39 is 5.95 Å². The Morgan fingerprint density at radius 1 is 1.44 bits per heavy atom. The highest BCUT2D eigenvalue weighted by molar-refractivity contribution is 9.09. The molecule has 3 nitrogen and oxygen atoms in total. The maximum Gasteiger partial charge on any atom is 0.225 e. The number of alkyl halides is 1. The number of anilines is 1. The van der Waals surface area contributed by atoms with Crippen LogP contribution in [-0.4, -0.2) is 29.2 Å². The molecule has 2 heterocycles. The third-order valence-corrected chi connectivity index (χ3v) is 3.20. The van der Waals surface area contributed by atoms with Gasteiger partial charge in [0.25, 0.3) is 0 Å². The van der Waals surface area contributed by atoms with Crippen molar-refractivity contribution >= 4 is 27.5 Å². The van der Waals surface area contributed by atoms with Gasteiger partial charge in [0.2, 0.25) is 5.95 Å². The fraction of sp³-hybridized carbons (Fsp3) is 0.455. The lowest BCUT2D eigenvalue weighted by atomic mass is 10.2. The van der Waals surface area contributed by atoms with Gasteiger partial charge in [-0.25, -0.2) is 4.98 Å². The minimum Gasteiger partial charge on any atom is -0.357 e. The van der Waals surface area contributed by atoms with E-state index in [1.54, 1.807) is 6.07 Å². The van der Waals surface area contributed by atoms with Crippen molar-refractivity contribution in [2.24, 2.45) is 0 Å². The molecule has 0 amide bonds. The molecule has 1 fully saturated rings. The number of halogens is 2. The van der Waals surface area contributed by atoms with Crippen molar-refractivity contribution in [3.63, 3.8) is 0 Å². The number of Topliss-reactive ketones (excluding diaryl/α,β-unsaturated/α-hetero) is 1. The van der Waals surface area contributed by atoms with Crippen molar-refractivity contribution in [3.8, 4) is 0 Å². The summed E-state index contributed by atoms with van der Waals surface area (Å²) in [6, 6.07) is 3.23. The summed E-state index contributed by atoms with van der Waals surface area (Å²) in [5, 5.41) is 0.120. The highest BCUT2D eigenvalue weighted by Crippen LogP contribution is 2.19. The molecule has 86 valence electrons. The zero-order chi connectivity index (χ0) is 11.5. The van der Waals surface area contributed by atoms with Crippen LogP contribution in [0.2, 0.25) is 0 Å². The minimum absolute atomic E-state index is 0.0554. The molecule has 1 aliphatic rings. The van der Waals surface area contributed by atoms with Crippen LogP contribution in [-0.2, 0) is 0 Å². The maximum absolute atomic E-state index is 13.6. The largest absolute Gasteiger partial charge is 0.357 e. The average Bonchev–Trinajstić information content (AvgIpc) is 2.81. The first kappa shape index (κ1) is 11.5. The molecule has 16 heavy (non-hydrogen) atoms. The number of carbonyl (C=O) groups excluding carboxylic acids is 1. The highest BCUT2D eigenvalue weighted by atomic mass is 79.9. The molecule has 0 N–H and O–H groups in total. The number of pyridine rings is 1. The molecule has 0 bridgehead atoms. The van der Waals surface area contributed by atoms with Crippen molar-refractivity contribution in [2.75, 3.05) is 23.3 Å². The molecule has 0 unspecified atom stereocenters. The summed E-state index contributed by atoms with van der Waals surface area (Å²) < 4.78 is 13.6. The molecule has 0 radical (unpaired) electrons. The quantitative estimate of drug-likeness (QED) is 0.486. The van der Waals surface area contributed by atoms with Crippen LogP contribution in [0.4, 0.5) is 10.2 Å². The summed E-state index contributed by atoms with van der Waals surface area (Å²) >= 11 is 3.02. The third-order valence-electron chi connectivity index (χ3n) is 2.69. The molecule has 1 saturated heterocycles. The van der Waals surface area contributed by atoms with Crippen molar-refractivity contribution in [1.29, 1.82) is 0 Å². The van der Waals surface area contributed by atoms with E-state index in [0.717, 1.165) is 25.9 Å². The van der Waals surface area contributed by atoms with Crippen LogP contribution < -0.4 is 4.90 Å². The first-order valence-corrected chi connectivity index (χ1v) is 6.35. The number of hydrogen-bond donors (Lipinski definition) is 0. The van der Waals surface area contributed by atoms with E-state index in [2.05, 4.69) is 20.9 Å². The highest BCUT2D eigenvalue weighted by Gasteiger charge is 2.17. The van der Waals surface area contributed by atoms with E-state index >= 15 is 0 Å². The second-order valence-corrected chi connectivity index (χ2v) is 4.32. The van der Waals surface area contributed by atoms with Gasteiger partial charge in [-0.15, -0.1) is 0 Å². The zero-order valence-electron chi connectivity index (χ0n) is 8.75. The van der Waals surface area contributed by atoms with E-state index in [1.165, 1.54) is 6.07 Å². The minimum atomic E-state index is -0.672. The van der Waals surface area contributed by atoms with Crippen LogP contribution in [0, 0.1) is 5.95 Å². The first-order chi connectivity index (χ1) is 7.72. The Labute approximate surface area is 102 Å². The van der Waals surface area contributed by atoms with Crippen molar-refractivity contribution in [1.82, 2.24) is 4.98 Å². The number of hydrogen-bond acceptors (Lipinski definition) is 3. The standard InChI is InChI=1S/C11H12BrFN2O/c12-7-9(16)8-3-4-10(14-11(8)13)15-5-1-2-6-15/h3-4H,1-2,5-7H2. The summed E-state index contributed by atoms with van der Waals surface area (Å²) in [4.78, 5) is 17.2. The Bertz CT molecular complexity index is 405. The molecular weight excluding hydrogens is 275 g/mol. The predicted octanol–water partition coefficient (Wildman–Crippen LogP) is 2.40. The lowest BCUT2D eigenvalue weighted by Crippen LogP contribution is -2.20. The van der Waals surface area contributed by atoms with Gasteiger partial charge >= 0.3 is 0 Å². The molecule has 0 atom stereocenters. The van der Waals surface area contributed by atoms with Gasteiger partial charge in [-0.1, -0.05) is 15.9 Å². The van der Waals surface area contributed by atoms with Gasteiger partial charge in [0, 0.05) is 13.1 Å². The molecule has 1 aliphatic heterocycles. The van der Waals surface area contributed by atoms with Crippen molar-refractivity contribution in [3.05, 3.63) is 23.6 Å². The van der Waals surface area contributed by atoms with Crippen molar-refractivity contribution < 1.29 is 9.18 Å². The molecule has 0 aliphatic carbocycles. The van der Waals surface area contributed by atoms with Gasteiger partial charge in [-0.05, 0) is 25.0 Å². The van der Waals surface area contributed by atoms with E-state index in [-0.39, 0.29) is 16.7 Å². The molecule has 1 aromatic rings. The Hall–Kier alpha value is -0.970. The molecule has 2 rings (SSSR count). The second kappa shape index (κ2) is 4.91. The fourth-order valence-electron chi connectivity index (χ4n) is 1.83. The number of ketones is 1. The van der Waals surface area contributed by atoms with E-state index in [9.17, 15) is 9.18 Å². The summed E-state index contributed by atoms with van der Waals surface area (Å²) in [7, 11) is 0. The topological polar surface area (TPSA) is 33.2 Å². The van der Waals surface area contributed by atoms with Crippen LogP contribution in [0.3, 0.4) is 0 Å². The summed E-state index contributed by atoms with van der Waals surface area (Å²) in [6.07, 6.45) is 2.23. The number of aromatic nitrogens is 1. The number of carbonyl (C=O) groups is 1.